The highest BCUT2D eigenvalue weighted by Gasteiger charge is 2.29. The molecule has 3 aromatic rings. The lowest BCUT2D eigenvalue weighted by Crippen LogP contribution is -2.41. The first-order valence-electron chi connectivity index (χ1n) is 9.97. The van der Waals surface area contributed by atoms with E-state index in [-0.39, 0.29) is 11.8 Å². The van der Waals surface area contributed by atoms with Gasteiger partial charge in [0.1, 0.15) is 0 Å². The molecule has 0 atom stereocenters. The van der Waals surface area contributed by atoms with Crippen LogP contribution in [-0.2, 0) is 10.0 Å². The van der Waals surface area contributed by atoms with Crippen molar-refractivity contribution in [2.75, 3.05) is 19.6 Å². The average Bonchev–Trinajstić information content (AvgIpc) is 3.33. The van der Waals surface area contributed by atoms with E-state index in [1.54, 1.807) is 53.3 Å². The number of sulfonamides is 1. The van der Waals surface area contributed by atoms with Gasteiger partial charge in [-0.15, -0.1) is 0 Å². The number of rotatable bonds is 6. The smallest absolute Gasteiger partial charge is 0.251 e. The van der Waals surface area contributed by atoms with Crippen LogP contribution in [0.4, 0.5) is 0 Å². The summed E-state index contributed by atoms with van der Waals surface area (Å²) >= 11 is 0. The summed E-state index contributed by atoms with van der Waals surface area (Å²) in [6, 6.07) is 17.6. The summed E-state index contributed by atoms with van der Waals surface area (Å²) < 4.78 is 28.7. The van der Waals surface area contributed by atoms with Crippen LogP contribution in [0.15, 0.2) is 78.0 Å². The Hall–Kier alpha value is -2.97. The van der Waals surface area contributed by atoms with E-state index in [4.69, 9.17) is 0 Å². The zero-order valence-corrected chi connectivity index (χ0v) is 17.3. The Morgan fingerprint density at radius 2 is 1.70 bits per heavy atom. The number of nitrogens with one attached hydrogen (secondary N) is 1. The first-order valence-corrected chi connectivity index (χ1v) is 11.4. The fraction of sp³-hybridized carbons (Fsp3) is 0.273. The van der Waals surface area contributed by atoms with Crippen molar-refractivity contribution in [1.82, 2.24) is 19.4 Å². The van der Waals surface area contributed by atoms with Gasteiger partial charge in [0, 0.05) is 37.6 Å². The summed E-state index contributed by atoms with van der Waals surface area (Å²) in [6.07, 6.45) is 5.01. The molecule has 8 heteroatoms. The molecule has 1 aliphatic rings. The van der Waals surface area contributed by atoms with Crippen LogP contribution in [0.25, 0.3) is 5.69 Å². The molecule has 1 aromatic heterocycles. The van der Waals surface area contributed by atoms with E-state index in [2.05, 4.69) is 10.4 Å². The lowest BCUT2D eigenvalue weighted by molar-refractivity contribution is 0.0941. The van der Waals surface area contributed by atoms with Crippen LogP contribution in [0.2, 0.25) is 0 Å². The van der Waals surface area contributed by atoms with Crippen molar-refractivity contribution in [2.24, 2.45) is 5.92 Å². The van der Waals surface area contributed by atoms with E-state index >= 15 is 0 Å². The van der Waals surface area contributed by atoms with E-state index in [9.17, 15) is 13.2 Å². The summed E-state index contributed by atoms with van der Waals surface area (Å²) in [6.45, 7) is 1.48. The molecule has 0 spiro atoms. The second kappa shape index (κ2) is 8.81. The topological polar surface area (TPSA) is 84.3 Å². The van der Waals surface area contributed by atoms with Gasteiger partial charge >= 0.3 is 0 Å². The second-order valence-corrected chi connectivity index (χ2v) is 9.31. The Kier molecular flexibility index (Phi) is 5.96. The summed E-state index contributed by atoms with van der Waals surface area (Å²) in [5.41, 5.74) is 1.48. The van der Waals surface area contributed by atoms with Gasteiger partial charge in [-0.2, -0.15) is 9.40 Å². The van der Waals surface area contributed by atoms with E-state index in [1.807, 2.05) is 24.4 Å². The molecule has 0 unspecified atom stereocenters. The van der Waals surface area contributed by atoms with Crippen LogP contribution in [-0.4, -0.2) is 48.0 Å². The van der Waals surface area contributed by atoms with Crippen molar-refractivity contribution in [1.29, 1.82) is 0 Å². The fourth-order valence-corrected chi connectivity index (χ4v) is 5.11. The monoisotopic (exact) mass is 424 g/mol. The molecule has 0 radical (unpaired) electrons. The highest BCUT2D eigenvalue weighted by atomic mass is 32.2. The highest BCUT2D eigenvalue weighted by molar-refractivity contribution is 7.89. The standard InChI is InChI=1S/C22H24N4O3S/c27-22(19-7-9-20(10-8-19)26-14-4-13-24-26)23-17-18-11-15-25(16-12-18)30(28,29)21-5-2-1-3-6-21/h1-10,13-14,18H,11-12,15-17H2,(H,23,27). The molecule has 0 bridgehead atoms. The molecule has 4 rings (SSSR count). The maximum Gasteiger partial charge on any atom is 0.251 e. The van der Waals surface area contributed by atoms with Gasteiger partial charge in [0.05, 0.1) is 10.6 Å². The first kappa shape index (κ1) is 20.3. The van der Waals surface area contributed by atoms with Gasteiger partial charge in [-0.25, -0.2) is 13.1 Å². The van der Waals surface area contributed by atoms with E-state index in [0.29, 0.717) is 30.1 Å². The average molecular weight is 425 g/mol. The van der Waals surface area contributed by atoms with Crippen LogP contribution < -0.4 is 5.32 Å². The van der Waals surface area contributed by atoms with Gasteiger partial charge in [-0.3, -0.25) is 4.79 Å². The molecule has 1 N–H and O–H groups in total. The van der Waals surface area contributed by atoms with Gasteiger partial charge in [0.15, 0.2) is 0 Å². The number of nitrogens with zero attached hydrogens (tertiary/aromatic N) is 3. The Labute approximate surface area is 176 Å². The minimum atomic E-state index is -3.44. The van der Waals surface area contributed by atoms with Crippen molar-refractivity contribution in [3.8, 4) is 5.69 Å². The molecule has 7 nitrogen and oxygen atoms in total. The zero-order valence-electron chi connectivity index (χ0n) is 16.5. The molecule has 2 aromatic carbocycles. The zero-order chi connectivity index (χ0) is 21.0. The largest absolute Gasteiger partial charge is 0.352 e. The number of piperidine rings is 1. The maximum absolute atomic E-state index is 12.7. The third-order valence-electron chi connectivity index (χ3n) is 5.40. The number of carbonyl (C=O) groups is 1. The van der Waals surface area contributed by atoms with E-state index < -0.39 is 10.0 Å². The normalized spacial score (nSPS) is 15.7. The van der Waals surface area contributed by atoms with Gasteiger partial charge in [-0.1, -0.05) is 18.2 Å². The molecule has 30 heavy (non-hydrogen) atoms. The number of amides is 1. The van der Waals surface area contributed by atoms with Gasteiger partial charge in [-0.05, 0) is 61.2 Å². The molecule has 0 saturated carbocycles. The lowest BCUT2D eigenvalue weighted by atomic mass is 9.98. The van der Waals surface area contributed by atoms with Crippen LogP contribution in [0.5, 0.6) is 0 Å². The summed E-state index contributed by atoms with van der Waals surface area (Å²) in [4.78, 5) is 12.8. The molecular formula is C22H24N4O3S. The predicted molar refractivity (Wildman–Crippen MR) is 114 cm³/mol. The van der Waals surface area contributed by atoms with Crippen molar-refractivity contribution < 1.29 is 13.2 Å². The minimum absolute atomic E-state index is 0.124. The third kappa shape index (κ3) is 4.44. The lowest BCUT2D eigenvalue weighted by Gasteiger charge is -2.31. The van der Waals surface area contributed by atoms with Gasteiger partial charge < -0.3 is 5.32 Å². The maximum atomic E-state index is 12.7. The predicted octanol–water partition coefficient (Wildman–Crippen LogP) is 2.70. The minimum Gasteiger partial charge on any atom is -0.352 e. The SMILES string of the molecule is O=C(NCC1CCN(S(=O)(=O)c2ccccc2)CC1)c1ccc(-n2cccn2)cc1. The quantitative estimate of drug-likeness (QED) is 0.659. The summed E-state index contributed by atoms with van der Waals surface area (Å²) in [7, 11) is -3.44. The molecule has 1 aliphatic heterocycles. The number of hydrogen-bond donors (Lipinski definition) is 1. The number of hydrogen-bond acceptors (Lipinski definition) is 4. The van der Waals surface area contributed by atoms with Crippen molar-refractivity contribution in [3.63, 3.8) is 0 Å². The molecule has 0 aliphatic carbocycles. The van der Waals surface area contributed by atoms with Crippen LogP contribution in [0.3, 0.4) is 0 Å². The molecular weight excluding hydrogens is 400 g/mol. The Balaban J connectivity index is 1.28. The molecule has 156 valence electrons. The van der Waals surface area contributed by atoms with E-state index in [0.717, 1.165) is 18.5 Å². The van der Waals surface area contributed by atoms with Crippen molar-refractivity contribution in [3.05, 3.63) is 78.6 Å². The van der Waals surface area contributed by atoms with Crippen LogP contribution >= 0.6 is 0 Å². The molecule has 1 saturated heterocycles. The van der Waals surface area contributed by atoms with Gasteiger partial charge in [0.2, 0.25) is 10.0 Å². The molecule has 1 amide bonds. The van der Waals surface area contributed by atoms with Crippen molar-refractivity contribution in [2.45, 2.75) is 17.7 Å². The van der Waals surface area contributed by atoms with Gasteiger partial charge in [0.25, 0.3) is 5.91 Å². The Morgan fingerprint density at radius 1 is 1.00 bits per heavy atom. The number of aromatic nitrogens is 2. The third-order valence-corrected chi connectivity index (χ3v) is 7.32. The second-order valence-electron chi connectivity index (χ2n) is 7.37. The summed E-state index contributed by atoms with van der Waals surface area (Å²) in [5, 5.41) is 7.15. The Morgan fingerprint density at radius 3 is 2.33 bits per heavy atom. The molecule has 2 heterocycles. The van der Waals surface area contributed by atoms with Crippen LogP contribution in [0.1, 0.15) is 23.2 Å². The number of carbonyl (C=O) groups excluding carboxylic acids is 1. The number of benzene rings is 2. The Bertz CT molecular complexity index is 1070. The fourth-order valence-electron chi connectivity index (χ4n) is 3.62. The summed E-state index contributed by atoms with van der Waals surface area (Å²) in [5.74, 6) is 0.140. The van der Waals surface area contributed by atoms with Crippen molar-refractivity contribution >= 4 is 15.9 Å². The molecule has 1 fully saturated rings. The van der Waals surface area contributed by atoms with E-state index in [1.165, 1.54) is 4.31 Å². The first-order chi connectivity index (χ1) is 14.5. The highest BCUT2D eigenvalue weighted by Crippen LogP contribution is 2.23. The van der Waals surface area contributed by atoms with Crippen LogP contribution in [0, 0.1) is 5.92 Å².